The molecule has 0 saturated heterocycles. The van der Waals surface area contributed by atoms with E-state index in [9.17, 15) is 4.79 Å². The summed E-state index contributed by atoms with van der Waals surface area (Å²) in [4.78, 5) is 14.2. The SMILES string of the molecule is CCOC(=O)c1cc[nH]c1C/C(N)=N/O. The van der Waals surface area contributed by atoms with Gasteiger partial charge in [-0.05, 0) is 13.0 Å². The van der Waals surface area contributed by atoms with Crippen LogP contribution in [0.1, 0.15) is 23.0 Å². The second kappa shape index (κ2) is 5.04. The van der Waals surface area contributed by atoms with Crippen LogP contribution in [0, 0.1) is 0 Å². The lowest BCUT2D eigenvalue weighted by Gasteiger charge is -2.02. The van der Waals surface area contributed by atoms with Gasteiger partial charge in [0.1, 0.15) is 5.84 Å². The molecule has 15 heavy (non-hydrogen) atoms. The Morgan fingerprint density at radius 1 is 1.73 bits per heavy atom. The summed E-state index contributed by atoms with van der Waals surface area (Å²) < 4.78 is 4.84. The number of carbonyl (C=O) groups is 1. The molecule has 0 unspecified atom stereocenters. The lowest BCUT2D eigenvalue weighted by atomic mass is 10.2. The van der Waals surface area contributed by atoms with Crippen molar-refractivity contribution in [2.24, 2.45) is 10.9 Å². The standard InChI is InChI=1S/C9H13N3O3/c1-2-15-9(13)6-3-4-11-7(6)5-8(10)12-14/h3-4,11,14H,2,5H2,1H3,(H2,10,12). The van der Waals surface area contributed by atoms with Gasteiger partial charge in [-0.3, -0.25) is 0 Å². The van der Waals surface area contributed by atoms with Gasteiger partial charge in [-0.15, -0.1) is 0 Å². The van der Waals surface area contributed by atoms with Crippen molar-refractivity contribution in [1.29, 1.82) is 0 Å². The number of aromatic amines is 1. The fourth-order valence-electron chi connectivity index (χ4n) is 1.17. The molecule has 0 saturated carbocycles. The number of rotatable bonds is 4. The highest BCUT2D eigenvalue weighted by Crippen LogP contribution is 2.09. The van der Waals surface area contributed by atoms with E-state index < -0.39 is 5.97 Å². The fraction of sp³-hybridized carbons (Fsp3) is 0.333. The Labute approximate surface area is 86.7 Å². The van der Waals surface area contributed by atoms with Crippen LogP contribution in [0.15, 0.2) is 17.4 Å². The van der Waals surface area contributed by atoms with Crippen molar-refractivity contribution in [2.75, 3.05) is 6.61 Å². The lowest BCUT2D eigenvalue weighted by Crippen LogP contribution is -2.17. The van der Waals surface area contributed by atoms with E-state index in [1.54, 1.807) is 19.2 Å². The highest BCUT2D eigenvalue weighted by Gasteiger charge is 2.14. The molecule has 0 atom stereocenters. The summed E-state index contributed by atoms with van der Waals surface area (Å²) in [6.07, 6.45) is 1.78. The molecule has 0 bridgehead atoms. The first kappa shape index (κ1) is 11.1. The molecule has 0 spiro atoms. The van der Waals surface area contributed by atoms with Crippen LogP contribution >= 0.6 is 0 Å². The molecule has 0 amide bonds. The number of carbonyl (C=O) groups excluding carboxylic acids is 1. The number of aromatic nitrogens is 1. The molecule has 0 fully saturated rings. The van der Waals surface area contributed by atoms with E-state index in [-0.39, 0.29) is 12.3 Å². The van der Waals surface area contributed by atoms with Gasteiger partial charge in [0.25, 0.3) is 0 Å². The van der Waals surface area contributed by atoms with Gasteiger partial charge >= 0.3 is 5.97 Å². The van der Waals surface area contributed by atoms with E-state index in [1.165, 1.54) is 0 Å². The van der Waals surface area contributed by atoms with Gasteiger partial charge < -0.3 is 20.7 Å². The van der Waals surface area contributed by atoms with Crippen molar-refractivity contribution in [3.63, 3.8) is 0 Å². The number of nitrogens with two attached hydrogens (primary N) is 1. The van der Waals surface area contributed by atoms with E-state index >= 15 is 0 Å². The first-order valence-corrected chi connectivity index (χ1v) is 4.48. The summed E-state index contributed by atoms with van der Waals surface area (Å²) in [5, 5.41) is 11.2. The first-order valence-electron chi connectivity index (χ1n) is 4.48. The van der Waals surface area contributed by atoms with Crippen LogP contribution in [0.4, 0.5) is 0 Å². The highest BCUT2D eigenvalue weighted by molar-refractivity contribution is 5.93. The maximum absolute atomic E-state index is 11.4. The third-order valence-corrected chi connectivity index (χ3v) is 1.81. The second-order valence-electron chi connectivity index (χ2n) is 2.86. The molecule has 82 valence electrons. The molecular weight excluding hydrogens is 198 g/mol. The second-order valence-corrected chi connectivity index (χ2v) is 2.86. The van der Waals surface area contributed by atoms with Crippen molar-refractivity contribution in [3.05, 3.63) is 23.5 Å². The highest BCUT2D eigenvalue weighted by atomic mass is 16.5. The molecule has 1 aromatic rings. The summed E-state index contributed by atoms with van der Waals surface area (Å²) in [5.74, 6) is -0.387. The third kappa shape index (κ3) is 2.73. The van der Waals surface area contributed by atoms with Crippen molar-refractivity contribution in [3.8, 4) is 0 Å². The Hall–Kier alpha value is -1.98. The zero-order valence-electron chi connectivity index (χ0n) is 8.36. The maximum Gasteiger partial charge on any atom is 0.339 e. The number of hydrogen-bond acceptors (Lipinski definition) is 4. The smallest absolute Gasteiger partial charge is 0.339 e. The predicted octanol–water partition coefficient (Wildman–Crippen LogP) is 0.480. The molecule has 0 aliphatic carbocycles. The van der Waals surface area contributed by atoms with E-state index in [0.29, 0.717) is 17.9 Å². The lowest BCUT2D eigenvalue weighted by molar-refractivity contribution is 0.0525. The topological polar surface area (TPSA) is 101 Å². The van der Waals surface area contributed by atoms with E-state index in [0.717, 1.165) is 0 Å². The quantitative estimate of drug-likeness (QED) is 0.222. The third-order valence-electron chi connectivity index (χ3n) is 1.81. The van der Waals surface area contributed by atoms with Gasteiger partial charge in [-0.25, -0.2) is 4.79 Å². The van der Waals surface area contributed by atoms with Crippen molar-refractivity contribution < 1.29 is 14.7 Å². The van der Waals surface area contributed by atoms with E-state index in [2.05, 4.69) is 10.1 Å². The molecule has 0 aliphatic rings. The fourth-order valence-corrected chi connectivity index (χ4v) is 1.17. The number of oxime groups is 1. The number of amidine groups is 1. The number of hydrogen-bond donors (Lipinski definition) is 3. The number of esters is 1. The van der Waals surface area contributed by atoms with Gasteiger partial charge in [-0.1, -0.05) is 5.16 Å². The molecule has 0 aromatic carbocycles. The first-order chi connectivity index (χ1) is 7.19. The van der Waals surface area contributed by atoms with Crippen LogP contribution in [-0.4, -0.2) is 28.6 Å². The zero-order chi connectivity index (χ0) is 11.3. The predicted molar refractivity (Wildman–Crippen MR) is 53.9 cm³/mol. The Bertz CT molecular complexity index is 370. The van der Waals surface area contributed by atoms with Crippen molar-refractivity contribution in [1.82, 2.24) is 4.98 Å². The van der Waals surface area contributed by atoms with Gasteiger partial charge in [0.05, 0.1) is 12.2 Å². The molecule has 1 aromatic heterocycles. The largest absolute Gasteiger partial charge is 0.462 e. The Morgan fingerprint density at radius 2 is 2.47 bits per heavy atom. The molecule has 6 nitrogen and oxygen atoms in total. The Balaban J connectivity index is 2.82. The van der Waals surface area contributed by atoms with Gasteiger partial charge in [0.15, 0.2) is 0 Å². The minimum atomic E-state index is -0.417. The normalized spacial score (nSPS) is 11.4. The Kier molecular flexibility index (Phi) is 3.73. The summed E-state index contributed by atoms with van der Waals surface area (Å²) in [6, 6.07) is 1.60. The summed E-state index contributed by atoms with van der Waals surface area (Å²) in [5.41, 5.74) is 6.31. The van der Waals surface area contributed by atoms with Gasteiger partial charge in [-0.2, -0.15) is 0 Å². The summed E-state index contributed by atoms with van der Waals surface area (Å²) in [6.45, 7) is 2.04. The van der Waals surface area contributed by atoms with Crippen LogP contribution in [0.5, 0.6) is 0 Å². The van der Waals surface area contributed by atoms with E-state index in [4.69, 9.17) is 15.7 Å². The molecule has 1 rings (SSSR count). The number of nitrogens with zero attached hydrogens (tertiary/aromatic N) is 1. The van der Waals surface area contributed by atoms with Crippen molar-refractivity contribution in [2.45, 2.75) is 13.3 Å². The average Bonchev–Trinajstić information content (AvgIpc) is 2.66. The monoisotopic (exact) mass is 211 g/mol. The van der Waals surface area contributed by atoms with Crippen LogP contribution in [0.2, 0.25) is 0 Å². The maximum atomic E-state index is 11.4. The molecule has 4 N–H and O–H groups in total. The minimum Gasteiger partial charge on any atom is -0.462 e. The molecule has 1 heterocycles. The number of nitrogens with one attached hydrogen (secondary N) is 1. The Morgan fingerprint density at radius 3 is 3.07 bits per heavy atom. The van der Waals surface area contributed by atoms with Gasteiger partial charge in [0.2, 0.25) is 0 Å². The van der Waals surface area contributed by atoms with E-state index in [1.807, 2.05) is 0 Å². The van der Waals surface area contributed by atoms with Crippen LogP contribution in [-0.2, 0) is 11.2 Å². The van der Waals surface area contributed by atoms with Crippen LogP contribution < -0.4 is 5.73 Å². The van der Waals surface area contributed by atoms with Crippen LogP contribution in [0.3, 0.4) is 0 Å². The summed E-state index contributed by atoms with van der Waals surface area (Å²) >= 11 is 0. The molecular formula is C9H13N3O3. The number of H-pyrrole nitrogens is 1. The van der Waals surface area contributed by atoms with Gasteiger partial charge in [0, 0.05) is 18.3 Å². The molecule has 0 radical (unpaired) electrons. The zero-order valence-corrected chi connectivity index (χ0v) is 8.36. The molecule has 0 aliphatic heterocycles. The number of ether oxygens (including phenoxy) is 1. The molecule has 6 heteroatoms. The summed E-state index contributed by atoms with van der Waals surface area (Å²) in [7, 11) is 0. The van der Waals surface area contributed by atoms with Crippen LogP contribution in [0.25, 0.3) is 0 Å². The average molecular weight is 211 g/mol. The minimum absolute atomic E-state index is 0.0306. The van der Waals surface area contributed by atoms with Crippen molar-refractivity contribution >= 4 is 11.8 Å².